The van der Waals surface area contributed by atoms with Crippen molar-refractivity contribution in [2.45, 2.75) is 6.92 Å². The molecule has 9 heteroatoms. The molecule has 0 amide bonds. The van der Waals surface area contributed by atoms with E-state index >= 15 is 0 Å². The maximum atomic E-state index is 14.3. The molecule has 2 aromatic heterocycles. The van der Waals surface area contributed by atoms with Gasteiger partial charge in [-0.15, -0.1) is 0 Å². The van der Waals surface area contributed by atoms with Gasteiger partial charge >= 0.3 is 0 Å². The molecule has 0 radical (unpaired) electrons. The van der Waals surface area contributed by atoms with Crippen molar-refractivity contribution in [1.82, 2.24) is 15.0 Å². The number of nitrogens with one attached hydrogen (secondary N) is 2. The van der Waals surface area contributed by atoms with Crippen molar-refractivity contribution in [3.05, 3.63) is 60.4 Å². The zero-order valence-electron chi connectivity index (χ0n) is 16.9. The number of hydrogen-bond acceptors (Lipinski definition) is 8. The molecule has 0 unspecified atom stereocenters. The summed E-state index contributed by atoms with van der Waals surface area (Å²) in [5.74, 6) is 0.692. The Bertz CT molecular complexity index is 1220. The van der Waals surface area contributed by atoms with Gasteiger partial charge in [0.2, 0.25) is 5.95 Å². The van der Waals surface area contributed by atoms with Crippen LogP contribution in [0.4, 0.5) is 33.2 Å². The summed E-state index contributed by atoms with van der Waals surface area (Å²) in [5.41, 5.74) is 4.56. The van der Waals surface area contributed by atoms with Gasteiger partial charge in [-0.2, -0.15) is 4.98 Å². The molecule has 2 aromatic carbocycles. The van der Waals surface area contributed by atoms with Crippen LogP contribution in [0.15, 0.2) is 53.4 Å². The van der Waals surface area contributed by atoms with E-state index in [-0.39, 0.29) is 5.82 Å². The van der Waals surface area contributed by atoms with Crippen LogP contribution in [-0.4, -0.2) is 41.3 Å². The van der Waals surface area contributed by atoms with Gasteiger partial charge in [-0.05, 0) is 43.3 Å². The minimum atomic E-state index is -0.321. The Kier molecular flexibility index (Phi) is 5.09. The van der Waals surface area contributed by atoms with Crippen LogP contribution in [0.1, 0.15) is 5.56 Å². The molecule has 2 N–H and O–H groups in total. The summed E-state index contributed by atoms with van der Waals surface area (Å²) in [7, 11) is 0. The average molecular weight is 420 g/mol. The van der Waals surface area contributed by atoms with Crippen molar-refractivity contribution >= 4 is 39.9 Å². The summed E-state index contributed by atoms with van der Waals surface area (Å²) < 4.78 is 24.9. The molecule has 1 aliphatic heterocycles. The highest BCUT2D eigenvalue weighted by atomic mass is 19.1. The smallest absolute Gasteiger partial charge is 0.229 e. The van der Waals surface area contributed by atoms with E-state index in [1.165, 1.54) is 18.5 Å². The van der Waals surface area contributed by atoms with Gasteiger partial charge < -0.3 is 24.7 Å². The minimum Gasteiger partial charge on any atom is -0.443 e. The first-order valence-corrected chi connectivity index (χ1v) is 9.98. The SMILES string of the molecule is Cc1cnc(Nc2cc(F)cc(N3CCOCC3)c2)nc1Nc1ccc2ocnc2c1. The second-order valence-corrected chi connectivity index (χ2v) is 7.31. The fraction of sp³-hybridized carbons (Fsp3) is 0.227. The third-order valence-electron chi connectivity index (χ3n) is 5.08. The van der Waals surface area contributed by atoms with Crippen molar-refractivity contribution in [3.63, 3.8) is 0 Å². The Morgan fingerprint density at radius 3 is 2.74 bits per heavy atom. The number of nitrogens with zero attached hydrogens (tertiary/aromatic N) is 4. The fourth-order valence-corrected chi connectivity index (χ4v) is 3.48. The second kappa shape index (κ2) is 8.19. The Morgan fingerprint density at radius 1 is 1.00 bits per heavy atom. The normalized spacial score (nSPS) is 14.1. The van der Waals surface area contributed by atoms with Crippen LogP contribution in [0.2, 0.25) is 0 Å². The van der Waals surface area contributed by atoms with E-state index in [2.05, 4.69) is 30.5 Å². The molecule has 8 nitrogen and oxygen atoms in total. The van der Waals surface area contributed by atoms with E-state index in [0.717, 1.165) is 41.1 Å². The third-order valence-corrected chi connectivity index (χ3v) is 5.08. The number of hydrogen-bond donors (Lipinski definition) is 2. The molecule has 0 saturated carbocycles. The number of ether oxygens (including phenoxy) is 1. The van der Waals surface area contributed by atoms with Crippen LogP contribution in [0.5, 0.6) is 0 Å². The molecule has 31 heavy (non-hydrogen) atoms. The van der Waals surface area contributed by atoms with E-state index in [1.54, 1.807) is 6.20 Å². The van der Waals surface area contributed by atoms with Crippen LogP contribution >= 0.6 is 0 Å². The average Bonchev–Trinajstić information content (AvgIpc) is 3.24. The Balaban J connectivity index is 1.38. The lowest BCUT2D eigenvalue weighted by atomic mass is 10.2. The van der Waals surface area contributed by atoms with Gasteiger partial charge in [0.1, 0.15) is 17.2 Å². The van der Waals surface area contributed by atoms with Crippen LogP contribution < -0.4 is 15.5 Å². The summed E-state index contributed by atoms with van der Waals surface area (Å²) in [6.07, 6.45) is 3.13. The van der Waals surface area contributed by atoms with E-state index < -0.39 is 0 Å². The van der Waals surface area contributed by atoms with E-state index in [1.807, 2.05) is 31.2 Å². The first-order chi connectivity index (χ1) is 15.1. The summed E-state index contributed by atoms with van der Waals surface area (Å²) in [5, 5.41) is 6.40. The predicted molar refractivity (Wildman–Crippen MR) is 117 cm³/mol. The number of aromatic nitrogens is 3. The summed E-state index contributed by atoms with van der Waals surface area (Å²) in [6, 6.07) is 10.5. The molecule has 5 rings (SSSR count). The molecule has 4 aromatic rings. The number of oxazole rings is 1. The number of benzene rings is 2. The number of anilines is 5. The van der Waals surface area contributed by atoms with Gasteiger partial charge in [-0.25, -0.2) is 14.4 Å². The summed E-state index contributed by atoms with van der Waals surface area (Å²) in [4.78, 5) is 15.2. The molecule has 0 aliphatic carbocycles. The number of rotatable bonds is 5. The quantitative estimate of drug-likeness (QED) is 0.492. The summed E-state index contributed by atoms with van der Waals surface area (Å²) >= 11 is 0. The van der Waals surface area contributed by atoms with Gasteiger partial charge in [0.25, 0.3) is 0 Å². The van der Waals surface area contributed by atoms with Crippen molar-refractivity contribution in [3.8, 4) is 0 Å². The maximum Gasteiger partial charge on any atom is 0.229 e. The first-order valence-electron chi connectivity index (χ1n) is 9.98. The molecule has 1 saturated heterocycles. The number of fused-ring (bicyclic) bond motifs is 1. The van der Waals surface area contributed by atoms with Gasteiger partial charge in [0, 0.05) is 41.9 Å². The van der Waals surface area contributed by atoms with Crippen LogP contribution in [0.25, 0.3) is 11.1 Å². The Morgan fingerprint density at radius 2 is 1.87 bits per heavy atom. The zero-order chi connectivity index (χ0) is 21.2. The standard InChI is InChI=1S/C22H21FN6O2/c1-14-12-24-22(28-21(14)26-16-2-3-20-19(11-16)25-13-31-20)27-17-8-15(23)9-18(10-17)29-4-6-30-7-5-29/h2-3,8-13H,4-7H2,1H3,(H2,24,26,27,28). The molecule has 1 aliphatic rings. The molecule has 158 valence electrons. The van der Waals surface area contributed by atoms with Crippen LogP contribution in [0, 0.1) is 12.7 Å². The van der Waals surface area contributed by atoms with Gasteiger partial charge in [0.15, 0.2) is 12.0 Å². The Hall–Kier alpha value is -3.72. The third kappa shape index (κ3) is 4.26. The number of morpholine rings is 1. The highest BCUT2D eigenvalue weighted by Crippen LogP contribution is 2.26. The van der Waals surface area contributed by atoms with E-state index in [4.69, 9.17) is 9.15 Å². The van der Waals surface area contributed by atoms with E-state index in [0.29, 0.717) is 30.7 Å². The van der Waals surface area contributed by atoms with Gasteiger partial charge in [-0.1, -0.05) is 0 Å². The maximum absolute atomic E-state index is 14.3. The largest absolute Gasteiger partial charge is 0.443 e. The highest BCUT2D eigenvalue weighted by Gasteiger charge is 2.14. The molecule has 1 fully saturated rings. The first kappa shape index (κ1) is 19.3. The lowest BCUT2D eigenvalue weighted by molar-refractivity contribution is 0.122. The fourth-order valence-electron chi connectivity index (χ4n) is 3.48. The van der Waals surface area contributed by atoms with Crippen molar-refractivity contribution in [2.24, 2.45) is 0 Å². The van der Waals surface area contributed by atoms with E-state index in [9.17, 15) is 4.39 Å². The van der Waals surface area contributed by atoms with Crippen molar-refractivity contribution in [2.75, 3.05) is 41.8 Å². The zero-order valence-corrected chi connectivity index (χ0v) is 16.9. The molecule has 0 bridgehead atoms. The molecular formula is C22H21FN6O2. The van der Waals surface area contributed by atoms with Crippen molar-refractivity contribution in [1.29, 1.82) is 0 Å². The minimum absolute atomic E-state index is 0.321. The van der Waals surface area contributed by atoms with Crippen molar-refractivity contribution < 1.29 is 13.5 Å². The molecule has 3 heterocycles. The summed E-state index contributed by atoms with van der Waals surface area (Å²) in [6.45, 7) is 4.65. The van der Waals surface area contributed by atoms with Crippen LogP contribution in [0.3, 0.4) is 0 Å². The predicted octanol–water partition coefficient (Wildman–Crippen LogP) is 4.39. The highest BCUT2D eigenvalue weighted by molar-refractivity contribution is 5.78. The topological polar surface area (TPSA) is 88.3 Å². The second-order valence-electron chi connectivity index (χ2n) is 7.31. The number of halogens is 1. The molecular weight excluding hydrogens is 399 g/mol. The molecule has 0 spiro atoms. The van der Waals surface area contributed by atoms with Gasteiger partial charge in [0.05, 0.1) is 13.2 Å². The van der Waals surface area contributed by atoms with Gasteiger partial charge in [-0.3, -0.25) is 0 Å². The van der Waals surface area contributed by atoms with Crippen LogP contribution in [-0.2, 0) is 4.74 Å². The molecule has 0 atom stereocenters. The number of aryl methyl sites for hydroxylation is 1. The monoisotopic (exact) mass is 420 g/mol. The lowest BCUT2D eigenvalue weighted by Gasteiger charge is -2.29. The Labute approximate surface area is 178 Å². The lowest BCUT2D eigenvalue weighted by Crippen LogP contribution is -2.36.